The van der Waals surface area contributed by atoms with Gasteiger partial charge in [0.1, 0.15) is 22.8 Å². The Morgan fingerprint density at radius 3 is 2.24 bits per heavy atom. The predicted molar refractivity (Wildman–Crippen MR) is 166 cm³/mol. The molecule has 0 N–H and O–H groups in total. The maximum Gasteiger partial charge on any atom is 0.339 e. The van der Waals surface area contributed by atoms with Crippen LogP contribution in [-0.2, 0) is 17.6 Å². The van der Waals surface area contributed by atoms with Crippen LogP contribution in [0.3, 0.4) is 0 Å². The number of carbonyl (C=O) groups excluding carboxylic acids is 1. The molecule has 4 atom stereocenters. The molecule has 2 aromatic carbocycles. The second-order valence-corrected chi connectivity index (χ2v) is 12.1. The van der Waals surface area contributed by atoms with E-state index < -0.39 is 0 Å². The van der Waals surface area contributed by atoms with Gasteiger partial charge in [0.25, 0.3) is 0 Å². The molecular weight excluding hydrogens is 528 g/mol. The Hall–Kier alpha value is -3.28. The fourth-order valence-corrected chi connectivity index (χ4v) is 7.34. The van der Waals surface area contributed by atoms with E-state index in [9.17, 15) is 9.59 Å². The van der Waals surface area contributed by atoms with Crippen molar-refractivity contribution in [3.63, 3.8) is 0 Å². The van der Waals surface area contributed by atoms with E-state index in [0.717, 1.165) is 48.1 Å². The zero-order valence-corrected chi connectivity index (χ0v) is 25.7. The van der Waals surface area contributed by atoms with Crippen LogP contribution in [0.25, 0.3) is 11.0 Å². The Labute approximate surface area is 249 Å². The molecule has 1 fully saturated rings. The van der Waals surface area contributed by atoms with Crippen molar-refractivity contribution < 1.29 is 23.4 Å². The molecular formula is C36H46O6. The summed E-state index contributed by atoms with van der Waals surface area (Å²) < 4.78 is 22.1. The maximum absolute atomic E-state index is 12.3. The first-order valence-electron chi connectivity index (χ1n) is 16.1. The van der Waals surface area contributed by atoms with Crippen molar-refractivity contribution in [2.75, 3.05) is 13.2 Å². The summed E-state index contributed by atoms with van der Waals surface area (Å²) in [7, 11) is 0. The number of fused-ring (bicyclic) bond motifs is 6. The van der Waals surface area contributed by atoms with Crippen molar-refractivity contribution in [2.24, 2.45) is 17.8 Å². The van der Waals surface area contributed by atoms with Crippen LogP contribution in [0.4, 0.5) is 0 Å². The molecule has 1 aromatic heterocycles. The molecule has 0 amide bonds. The first-order chi connectivity index (χ1) is 20.4. The van der Waals surface area contributed by atoms with Gasteiger partial charge in [-0.2, -0.15) is 0 Å². The Kier molecular flexibility index (Phi) is 9.91. The van der Waals surface area contributed by atoms with Gasteiger partial charge in [-0.05, 0) is 93.5 Å². The monoisotopic (exact) mass is 574 g/mol. The first kappa shape index (κ1) is 30.2. The van der Waals surface area contributed by atoms with Gasteiger partial charge in [-0.1, -0.05) is 45.6 Å². The third-order valence-corrected chi connectivity index (χ3v) is 9.26. The zero-order chi connectivity index (χ0) is 29.6. The second kappa shape index (κ2) is 13.8. The average Bonchev–Trinajstić information content (AvgIpc) is 2.98. The highest BCUT2D eigenvalue weighted by Crippen LogP contribution is 2.48. The van der Waals surface area contributed by atoms with Gasteiger partial charge in [-0.15, -0.1) is 0 Å². The van der Waals surface area contributed by atoms with Crippen molar-refractivity contribution in [1.82, 2.24) is 0 Å². The number of ether oxygens (including phenoxy) is 3. The number of hydrogen-bond acceptors (Lipinski definition) is 6. The lowest BCUT2D eigenvalue weighted by molar-refractivity contribution is -0.143. The van der Waals surface area contributed by atoms with Gasteiger partial charge in [-0.3, -0.25) is 4.79 Å². The lowest BCUT2D eigenvalue weighted by Crippen LogP contribution is -2.36. The van der Waals surface area contributed by atoms with Crippen LogP contribution < -0.4 is 19.8 Å². The fraction of sp³-hybridized carbons (Fsp3) is 0.556. The van der Waals surface area contributed by atoms with Crippen LogP contribution in [0.2, 0.25) is 0 Å². The maximum atomic E-state index is 12.3. The highest BCUT2D eigenvalue weighted by atomic mass is 16.5. The minimum absolute atomic E-state index is 0.0399. The van der Waals surface area contributed by atoms with Crippen molar-refractivity contribution >= 4 is 16.9 Å². The van der Waals surface area contributed by atoms with E-state index >= 15 is 0 Å². The number of carbonyl (C=O) groups is 1. The van der Waals surface area contributed by atoms with Crippen molar-refractivity contribution in [3.8, 4) is 17.2 Å². The third-order valence-electron chi connectivity index (χ3n) is 9.26. The summed E-state index contributed by atoms with van der Waals surface area (Å²) in [6.45, 7) is 9.55. The van der Waals surface area contributed by atoms with Gasteiger partial charge in [-0.25, -0.2) is 4.79 Å². The van der Waals surface area contributed by atoms with E-state index in [4.69, 9.17) is 18.6 Å². The minimum Gasteiger partial charge on any atom is -0.494 e. The molecule has 3 aromatic rings. The van der Waals surface area contributed by atoms with Crippen LogP contribution in [0.5, 0.6) is 17.2 Å². The van der Waals surface area contributed by atoms with Crippen LogP contribution in [-0.4, -0.2) is 19.2 Å². The van der Waals surface area contributed by atoms with E-state index in [-0.39, 0.29) is 17.5 Å². The summed E-state index contributed by atoms with van der Waals surface area (Å²) in [6, 6.07) is 11.8. The minimum atomic E-state index is -0.160. The average molecular weight is 575 g/mol. The number of rotatable bonds is 8. The van der Waals surface area contributed by atoms with Gasteiger partial charge in [0, 0.05) is 29.0 Å². The lowest BCUT2D eigenvalue weighted by atomic mass is 9.69. The van der Waals surface area contributed by atoms with Crippen LogP contribution in [0.1, 0.15) is 102 Å². The quantitative estimate of drug-likeness (QED) is 0.153. The van der Waals surface area contributed by atoms with Crippen molar-refractivity contribution in [2.45, 2.75) is 97.8 Å². The molecule has 0 bridgehead atoms. The Balaban J connectivity index is 0.000000168. The van der Waals surface area contributed by atoms with Crippen LogP contribution >= 0.6 is 0 Å². The standard InChI is InChI=1S/C18H24O3.C18H22O3/c2*1-3-5-12-6-8-14-15-9-7-13(20-4-2)11-17(15)21-18(19)16(14)10-12/h7,9,11-12,14,16H,3-6,8,10H2,1-2H3;7,9,11-12H,3-6,8,10H2,1-2H3. The number of aryl methyl sites for hydroxylation is 1. The summed E-state index contributed by atoms with van der Waals surface area (Å²) in [6.07, 6.45) is 11.1. The van der Waals surface area contributed by atoms with Crippen LogP contribution in [0.15, 0.2) is 45.6 Å². The number of esters is 1. The van der Waals surface area contributed by atoms with Gasteiger partial charge in [0.2, 0.25) is 0 Å². The SMILES string of the molecule is CCCC1CCC2c3ccc(OCC)cc3OC(=O)C2C1.CCCC1CCc2c(c(=O)oc3cc(OCC)ccc23)C1. The summed E-state index contributed by atoms with van der Waals surface area (Å²) in [4.78, 5) is 24.6. The van der Waals surface area contributed by atoms with E-state index in [2.05, 4.69) is 19.9 Å². The van der Waals surface area contributed by atoms with E-state index in [1.54, 1.807) is 0 Å². The number of hydrogen-bond donors (Lipinski definition) is 0. The largest absolute Gasteiger partial charge is 0.494 e. The number of benzene rings is 2. The van der Waals surface area contributed by atoms with Gasteiger partial charge in [0.15, 0.2) is 0 Å². The molecule has 226 valence electrons. The third kappa shape index (κ3) is 6.53. The first-order valence-corrected chi connectivity index (χ1v) is 16.1. The summed E-state index contributed by atoms with van der Waals surface area (Å²) in [5.74, 6) is 3.92. The molecule has 3 aliphatic rings. The normalized spacial score (nSPS) is 22.6. The van der Waals surface area contributed by atoms with Crippen LogP contribution in [0, 0.1) is 17.8 Å². The molecule has 2 aliphatic carbocycles. The predicted octanol–water partition coefficient (Wildman–Crippen LogP) is 8.40. The van der Waals surface area contributed by atoms with Gasteiger partial charge >= 0.3 is 11.6 Å². The Morgan fingerprint density at radius 2 is 1.50 bits per heavy atom. The van der Waals surface area contributed by atoms with Gasteiger partial charge < -0.3 is 18.6 Å². The summed E-state index contributed by atoms with van der Waals surface area (Å²) in [5, 5.41) is 1.07. The summed E-state index contributed by atoms with van der Waals surface area (Å²) >= 11 is 0. The second-order valence-electron chi connectivity index (χ2n) is 12.1. The van der Waals surface area contributed by atoms with E-state index in [1.807, 2.05) is 44.2 Å². The molecule has 1 saturated carbocycles. The Morgan fingerprint density at radius 1 is 0.786 bits per heavy atom. The molecule has 0 spiro atoms. The molecule has 4 unspecified atom stereocenters. The molecule has 0 saturated heterocycles. The highest BCUT2D eigenvalue weighted by molar-refractivity contribution is 5.83. The van der Waals surface area contributed by atoms with Crippen molar-refractivity contribution in [3.05, 3.63) is 63.5 Å². The fourth-order valence-electron chi connectivity index (χ4n) is 7.34. The van der Waals surface area contributed by atoms with E-state index in [0.29, 0.717) is 42.3 Å². The van der Waals surface area contributed by atoms with Crippen molar-refractivity contribution in [1.29, 1.82) is 0 Å². The summed E-state index contributed by atoms with van der Waals surface area (Å²) in [5.41, 5.74) is 3.77. The molecule has 2 heterocycles. The smallest absolute Gasteiger partial charge is 0.339 e. The molecule has 42 heavy (non-hydrogen) atoms. The Bertz CT molecular complexity index is 1440. The zero-order valence-electron chi connectivity index (χ0n) is 25.7. The molecule has 1 aliphatic heterocycles. The molecule has 6 rings (SSSR count). The van der Waals surface area contributed by atoms with Gasteiger partial charge in [0.05, 0.1) is 19.1 Å². The lowest BCUT2D eigenvalue weighted by Gasteiger charge is -2.38. The topological polar surface area (TPSA) is 75.0 Å². The molecule has 6 nitrogen and oxygen atoms in total. The molecule has 6 heteroatoms. The molecule has 0 radical (unpaired) electrons. The highest BCUT2D eigenvalue weighted by Gasteiger charge is 2.41. The van der Waals surface area contributed by atoms with E-state index in [1.165, 1.54) is 49.7 Å².